The number of anilines is 3. The molecule has 1 fully saturated rings. The second kappa shape index (κ2) is 9.85. The lowest BCUT2D eigenvalue weighted by Gasteiger charge is -2.29. The molecule has 0 radical (unpaired) electrons. The number of morpholine rings is 1. The Morgan fingerprint density at radius 1 is 1.12 bits per heavy atom. The van der Waals surface area contributed by atoms with Gasteiger partial charge in [0.1, 0.15) is 5.82 Å². The van der Waals surface area contributed by atoms with Gasteiger partial charge in [0.05, 0.1) is 36.3 Å². The normalized spacial score (nSPS) is 14.9. The van der Waals surface area contributed by atoms with E-state index in [1.165, 1.54) is 6.07 Å². The van der Waals surface area contributed by atoms with Crippen molar-refractivity contribution in [3.8, 4) is 11.3 Å². The van der Waals surface area contributed by atoms with E-state index in [9.17, 15) is 8.60 Å². The summed E-state index contributed by atoms with van der Waals surface area (Å²) in [5.41, 5.74) is 4.63. The van der Waals surface area contributed by atoms with Crippen molar-refractivity contribution < 1.29 is 17.9 Å². The maximum absolute atomic E-state index is 14.5. The minimum absolute atomic E-state index is 0.262. The van der Waals surface area contributed by atoms with E-state index >= 15 is 0 Å². The number of hydrogen-bond acceptors (Lipinski definition) is 6. The third kappa shape index (κ3) is 4.92. The molecule has 1 aliphatic heterocycles. The molecule has 5 rings (SSSR count). The zero-order chi connectivity index (χ0) is 23.5. The summed E-state index contributed by atoms with van der Waals surface area (Å²) in [4.78, 5) is 6.36. The van der Waals surface area contributed by atoms with Gasteiger partial charge in [-0.3, -0.25) is 4.55 Å². The monoisotopic (exact) mass is 482 g/mol. The number of nitrogens with zero attached hydrogens (tertiary/aromatic N) is 4. The van der Waals surface area contributed by atoms with Crippen molar-refractivity contribution in [1.82, 2.24) is 19.3 Å². The molecule has 9 nitrogen and oxygen atoms in total. The van der Waals surface area contributed by atoms with Crippen molar-refractivity contribution in [3.05, 3.63) is 72.2 Å². The fraction of sp³-hybridized carbons (Fsp3) is 0.217. The number of rotatable bonds is 7. The third-order valence-electron chi connectivity index (χ3n) is 5.58. The number of ether oxygens (including phenoxy) is 1. The molecule has 0 amide bonds. The predicted octanol–water partition coefficient (Wildman–Crippen LogP) is 3.34. The fourth-order valence-corrected chi connectivity index (χ4v) is 4.22. The Kier molecular flexibility index (Phi) is 6.50. The van der Waals surface area contributed by atoms with E-state index in [-0.39, 0.29) is 12.4 Å². The smallest absolute Gasteiger partial charge is 0.245 e. The summed E-state index contributed by atoms with van der Waals surface area (Å²) in [7, 11) is 0. The Balaban J connectivity index is 1.42. The zero-order valence-corrected chi connectivity index (χ0v) is 19.0. The van der Waals surface area contributed by atoms with Gasteiger partial charge in [-0.2, -0.15) is 0 Å². The largest absolute Gasteiger partial charge is 0.378 e. The summed E-state index contributed by atoms with van der Waals surface area (Å²) in [5, 5.41) is 7.81. The highest BCUT2D eigenvalue weighted by molar-refractivity contribution is 7.77. The lowest BCUT2D eigenvalue weighted by atomic mass is 10.1. The fourth-order valence-electron chi connectivity index (χ4n) is 3.93. The summed E-state index contributed by atoms with van der Waals surface area (Å²) in [6.07, 6.45) is 1.71. The van der Waals surface area contributed by atoms with E-state index in [2.05, 4.69) is 20.1 Å². The molecule has 2 aromatic carbocycles. The van der Waals surface area contributed by atoms with Crippen LogP contribution >= 0.6 is 0 Å². The predicted molar refractivity (Wildman–Crippen MR) is 129 cm³/mol. The van der Waals surface area contributed by atoms with Crippen molar-refractivity contribution in [2.24, 2.45) is 0 Å². The van der Waals surface area contributed by atoms with Crippen LogP contribution in [0.2, 0.25) is 0 Å². The first-order valence-corrected chi connectivity index (χ1v) is 11.9. The van der Waals surface area contributed by atoms with Crippen molar-refractivity contribution in [3.63, 3.8) is 0 Å². The zero-order valence-electron chi connectivity index (χ0n) is 18.1. The molecule has 1 aliphatic rings. The van der Waals surface area contributed by atoms with Crippen LogP contribution in [-0.2, 0) is 22.5 Å². The van der Waals surface area contributed by atoms with Crippen LogP contribution in [0.3, 0.4) is 0 Å². The number of aromatic nitrogens is 3. The molecule has 3 heterocycles. The topological polar surface area (TPSA) is 104 Å². The molecular weight excluding hydrogens is 459 g/mol. The van der Waals surface area contributed by atoms with Crippen molar-refractivity contribution >= 4 is 34.1 Å². The number of halogens is 1. The molecule has 0 saturated carbocycles. The van der Waals surface area contributed by atoms with E-state index in [1.54, 1.807) is 22.8 Å². The minimum Gasteiger partial charge on any atom is -0.378 e. The number of fused-ring (bicyclic) bond motifs is 1. The molecule has 0 spiro atoms. The molecule has 1 unspecified atom stereocenters. The Morgan fingerprint density at radius 3 is 2.79 bits per heavy atom. The molecule has 11 heteroatoms. The molecule has 1 atom stereocenters. The Hall–Kier alpha value is -3.38. The third-order valence-corrected chi connectivity index (χ3v) is 5.97. The molecule has 0 aliphatic carbocycles. The Labute approximate surface area is 198 Å². The minimum atomic E-state index is -2.08. The van der Waals surface area contributed by atoms with Gasteiger partial charge in [0.2, 0.25) is 17.2 Å². The average molecular weight is 483 g/mol. The van der Waals surface area contributed by atoms with Gasteiger partial charge < -0.3 is 15.0 Å². The van der Waals surface area contributed by atoms with Crippen LogP contribution in [0.1, 0.15) is 5.56 Å². The first-order chi connectivity index (χ1) is 16.6. The first kappa shape index (κ1) is 22.4. The van der Waals surface area contributed by atoms with Crippen molar-refractivity contribution in [1.29, 1.82) is 0 Å². The Morgan fingerprint density at radius 2 is 1.97 bits per heavy atom. The van der Waals surface area contributed by atoms with Crippen LogP contribution < -0.4 is 14.9 Å². The quantitative estimate of drug-likeness (QED) is 0.347. The summed E-state index contributed by atoms with van der Waals surface area (Å²) >= 11 is -2.08. The second-order valence-corrected chi connectivity index (χ2v) is 8.59. The van der Waals surface area contributed by atoms with Gasteiger partial charge >= 0.3 is 0 Å². The SMILES string of the molecule is O=S(O)NCc1cccc(-c2ccc3cnc(Nc4ccc(F)c(N5CCOCC5)c4)nn23)c1. The van der Waals surface area contributed by atoms with Gasteiger partial charge in [-0.05, 0) is 42.0 Å². The van der Waals surface area contributed by atoms with E-state index in [1.807, 2.05) is 41.3 Å². The number of benzene rings is 2. The van der Waals surface area contributed by atoms with Gasteiger partial charge in [0.15, 0.2) is 0 Å². The first-order valence-electron chi connectivity index (χ1n) is 10.7. The van der Waals surface area contributed by atoms with Crippen LogP contribution in [0.4, 0.5) is 21.7 Å². The van der Waals surface area contributed by atoms with Crippen LogP contribution in [0.15, 0.2) is 60.8 Å². The number of hydrogen-bond donors (Lipinski definition) is 3. The van der Waals surface area contributed by atoms with Crippen LogP contribution in [0.5, 0.6) is 0 Å². The number of nitrogens with one attached hydrogen (secondary N) is 2. The Bertz CT molecular complexity index is 1340. The summed E-state index contributed by atoms with van der Waals surface area (Å²) in [6.45, 7) is 2.68. The van der Waals surface area contributed by atoms with Crippen molar-refractivity contribution in [2.45, 2.75) is 6.54 Å². The van der Waals surface area contributed by atoms with Crippen LogP contribution in [-0.4, -0.2) is 49.7 Å². The van der Waals surface area contributed by atoms with Gasteiger partial charge in [-0.25, -0.2) is 22.8 Å². The highest BCUT2D eigenvalue weighted by Gasteiger charge is 2.16. The lowest BCUT2D eigenvalue weighted by Crippen LogP contribution is -2.36. The van der Waals surface area contributed by atoms with Crippen LogP contribution in [0.25, 0.3) is 16.8 Å². The summed E-state index contributed by atoms with van der Waals surface area (Å²) in [5.74, 6) is 0.0916. The molecule has 2 aromatic heterocycles. The van der Waals surface area contributed by atoms with Gasteiger partial charge in [0, 0.05) is 30.9 Å². The highest BCUT2D eigenvalue weighted by Crippen LogP contribution is 2.27. The van der Waals surface area contributed by atoms with Gasteiger partial charge in [-0.15, -0.1) is 5.10 Å². The maximum Gasteiger partial charge on any atom is 0.245 e. The van der Waals surface area contributed by atoms with Crippen LogP contribution in [0, 0.1) is 5.82 Å². The molecule has 34 heavy (non-hydrogen) atoms. The highest BCUT2D eigenvalue weighted by atomic mass is 32.2. The van der Waals surface area contributed by atoms with Crippen molar-refractivity contribution in [2.75, 3.05) is 36.5 Å². The van der Waals surface area contributed by atoms with E-state index < -0.39 is 11.3 Å². The molecular formula is C23H23FN6O3S. The molecule has 4 aromatic rings. The molecule has 1 saturated heterocycles. The van der Waals surface area contributed by atoms with E-state index in [0.717, 1.165) is 22.3 Å². The summed E-state index contributed by atoms with van der Waals surface area (Å²) in [6, 6.07) is 16.4. The maximum atomic E-state index is 14.5. The summed E-state index contributed by atoms with van der Waals surface area (Å²) < 4.78 is 44.0. The van der Waals surface area contributed by atoms with Gasteiger partial charge in [-0.1, -0.05) is 18.2 Å². The molecule has 0 bridgehead atoms. The average Bonchev–Trinajstić information content (AvgIpc) is 3.28. The second-order valence-electron chi connectivity index (χ2n) is 7.80. The standard InChI is InChI=1S/C23H23FN6O3S/c24-20-6-4-18(13-22(20)29-8-10-33-11-9-29)27-23-25-15-19-5-7-21(30(19)28-23)17-3-1-2-16(12-17)14-26-34(31)32/h1-7,12-13,15,26H,8-11,14H2,(H,27,28)(H,31,32). The van der Waals surface area contributed by atoms with E-state index in [4.69, 9.17) is 9.29 Å². The lowest BCUT2D eigenvalue weighted by molar-refractivity contribution is 0.122. The van der Waals surface area contributed by atoms with Gasteiger partial charge in [0.25, 0.3) is 0 Å². The van der Waals surface area contributed by atoms with E-state index in [0.29, 0.717) is 43.6 Å². The molecule has 3 N–H and O–H groups in total. The molecule has 176 valence electrons.